The molecular weight excluding hydrogens is 1000 g/mol. The fraction of sp³-hybridized carbons (Fsp3) is 0.957. The molecule has 1 rings (SSSR count). The van der Waals surface area contributed by atoms with Gasteiger partial charge in [-0.05, 0) is 38.5 Å². The zero-order valence-corrected chi connectivity index (χ0v) is 52.6. The number of allylic oxidation sites excluding steroid dienone is 2. The molecule has 0 saturated carbocycles. The Bertz CT molecular complexity index is 1310. The van der Waals surface area contributed by atoms with Gasteiger partial charge in [-0.15, -0.1) is 0 Å². The molecule has 1 fully saturated rings. The summed E-state index contributed by atoms with van der Waals surface area (Å²) in [6.45, 7) is 3.51. The first kappa shape index (κ1) is 76.9. The minimum atomic E-state index is -1.66. The van der Waals surface area contributed by atoms with Gasteiger partial charge in [-0.3, -0.25) is 4.79 Å². The summed E-state index contributed by atoms with van der Waals surface area (Å²) in [6, 6.07) is -1.17. The van der Waals surface area contributed by atoms with Crippen molar-refractivity contribution in [2.75, 3.05) is 13.2 Å². The molecule has 0 radical (unpaired) electrons. The van der Waals surface area contributed by atoms with Crippen LogP contribution in [0.4, 0.5) is 0 Å². The Morgan fingerprint density at radius 1 is 0.425 bits per heavy atom. The van der Waals surface area contributed by atoms with Gasteiger partial charge in [0.05, 0.1) is 25.4 Å². The lowest BCUT2D eigenvalue weighted by Gasteiger charge is -2.40. The average molecular weight is 1140 g/mol. The van der Waals surface area contributed by atoms with E-state index in [-0.39, 0.29) is 6.42 Å². The number of nitrogens with one attached hydrogen (secondary N) is 1. The largest absolute Gasteiger partial charge is 0.394 e. The topological polar surface area (TPSA) is 189 Å². The lowest BCUT2D eigenvalue weighted by atomic mass is 9.98. The van der Waals surface area contributed by atoms with Crippen molar-refractivity contribution in [2.24, 2.45) is 0 Å². The molecule has 11 heteroatoms. The van der Waals surface area contributed by atoms with Gasteiger partial charge in [0.25, 0.3) is 0 Å². The third-order valence-corrected chi connectivity index (χ3v) is 17.3. The normalized spacial score (nSPS) is 19.2. The summed E-state index contributed by atoms with van der Waals surface area (Å²) < 4.78 is 11.2. The molecule has 9 unspecified atom stereocenters. The molecule has 0 aliphatic carbocycles. The molecule has 11 nitrogen and oxygen atoms in total. The zero-order valence-electron chi connectivity index (χ0n) is 52.6. The van der Waals surface area contributed by atoms with E-state index in [0.29, 0.717) is 19.3 Å². The molecule has 9 atom stereocenters. The van der Waals surface area contributed by atoms with Crippen molar-refractivity contribution in [3.63, 3.8) is 0 Å². The quantitative estimate of drug-likeness (QED) is 0.0215. The third-order valence-electron chi connectivity index (χ3n) is 17.3. The van der Waals surface area contributed by atoms with Crippen molar-refractivity contribution < 1.29 is 50.0 Å². The maximum absolute atomic E-state index is 13.2. The highest BCUT2D eigenvalue weighted by Gasteiger charge is 2.44. The van der Waals surface area contributed by atoms with E-state index >= 15 is 0 Å². The summed E-state index contributed by atoms with van der Waals surface area (Å²) in [5.74, 6) is -0.689. The second-order valence-corrected chi connectivity index (χ2v) is 25.0. The minimum absolute atomic E-state index is 0.265. The second kappa shape index (κ2) is 58.2. The third kappa shape index (κ3) is 45.2. The van der Waals surface area contributed by atoms with E-state index in [9.17, 15) is 40.5 Å². The second-order valence-electron chi connectivity index (χ2n) is 25.0. The van der Waals surface area contributed by atoms with Crippen molar-refractivity contribution in [2.45, 2.75) is 409 Å². The molecule has 80 heavy (non-hydrogen) atoms. The molecule has 0 bridgehead atoms. The Kier molecular flexibility index (Phi) is 56.0. The van der Waals surface area contributed by atoms with Crippen molar-refractivity contribution in [1.29, 1.82) is 0 Å². The molecule has 1 amide bonds. The standard InChI is InChI=1S/C69H135NO10/c1-3-5-7-9-11-13-15-17-19-21-22-23-24-25-26-27-28-29-30-31-32-33-34-35-36-37-38-39-41-43-45-47-49-51-53-55-57-62(73)68(78)70-60(59-79-69-67(77)66(76)65(75)63(58-71)80-69)64(74)61(72)56-54-52-50-48-46-44-42-40-20-18-16-14-12-10-8-6-4-2/h29-30,60-67,69,71-77H,3-28,31-59H2,1-2H3,(H,70,78)/b30-29-. The Morgan fingerprint density at radius 2 is 0.725 bits per heavy atom. The van der Waals surface area contributed by atoms with Crippen molar-refractivity contribution in [1.82, 2.24) is 5.32 Å². The number of ether oxygens (including phenoxy) is 2. The first-order valence-electron chi connectivity index (χ1n) is 35.1. The molecule has 0 aromatic rings. The van der Waals surface area contributed by atoms with Crippen LogP contribution in [0.2, 0.25) is 0 Å². The van der Waals surface area contributed by atoms with Crippen LogP contribution in [-0.4, -0.2) is 110 Å². The van der Waals surface area contributed by atoms with Crippen LogP contribution in [0.1, 0.15) is 354 Å². The van der Waals surface area contributed by atoms with Crippen LogP contribution in [0.5, 0.6) is 0 Å². The van der Waals surface area contributed by atoms with Gasteiger partial charge in [-0.1, -0.05) is 328 Å². The van der Waals surface area contributed by atoms with Gasteiger partial charge in [0.2, 0.25) is 5.91 Å². The number of rotatable bonds is 62. The number of hydrogen-bond donors (Lipinski definition) is 8. The maximum atomic E-state index is 13.2. The minimum Gasteiger partial charge on any atom is -0.394 e. The predicted octanol–water partition coefficient (Wildman–Crippen LogP) is 16.6. The van der Waals surface area contributed by atoms with E-state index < -0.39 is 74.2 Å². The van der Waals surface area contributed by atoms with Gasteiger partial charge < -0.3 is 50.5 Å². The van der Waals surface area contributed by atoms with Gasteiger partial charge in [-0.25, -0.2) is 0 Å². The van der Waals surface area contributed by atoms with Gasteiger partial charge in [0.1, 0.15) is 36.6 Å². The molecular formula is C69H135NO10. The average Bonchev–Trinajstić information content (AvgIpc) is 3.47. The first-order chi connectivity index (χ1) is 39.2. The zero-order chi connectivity index (χ0) is 58.2. The summed E-state index contributed by atoms with van der Waals surface area (Å²) >= 11 is 0. The SMILES string of the molecule is CCCCCCCCCCCCCCCCCC/C=C\CCCCCCCCCCCCCCCCCCC(O)C(=O)NC(COC1OC(CO)C(O)C(O)C1O)C(O)C(O)CCCCCCCCCCCCCCCCCCC. The fourth-order valence-electron chi connectivity index (χ4n) is 11.7. The molecule has 1 aliphatic heterocycles. The monoisotopic (exact) mass is 1140 g/mol. The highest BCUT2D eigenvalue weighted by molar-refractivity contribution is 5.80. The van der Waals surface area contributed by atoms with E-state index in [1.807, 2.05) is 0 Å². The molecule has 1 saturated heterocycles. The molecule has 1 heterocycles. The summed E-state index contributed by atoms with van der Waals surface area (Å²) in [6.07, 6.45) is 60.2. The fourth-order valence-corrected chi connectivity index (χ4v) is 11.7. The lowest BCUT2D eigenvalue weighted by Crippen LogP contribution is -2.60. The molecule has 0 aromatic carbocycles. The Balaban J connectivity index is 2.13. The Labute approximate surface area is 493 Å². The summed E-state index contributed by atoms with van der Waals surface area (Å²) in [5.41, 5.74) is 0. The van der Waals surface area contributed by atoms with E-state index in [2.05, 4.69) is 31.3 Å². The van der Waals surface area contributed by atoms with Crippen molar-refractivity contribution in [3.8, 4) is 0 Å². The number of aliphatic hydroxyl groups excluding tert-OH is 7. The van der Waals surface area contributed by atoms with E-state index in [1.165, 1.54) is 276 Å². The number of amides is 1. The van der Waals surface area contributed by atoms with Crippen LogP contribution in [0.25, 0.3) is 0 Å². The van der Waals surface area contributed by atoms with E-state index in [4.69, 9.17) is 9.47 Å². The van der Waals surface area contributed by atoms with Crippen molar-refractivity contribution >= 4 is 5.91 Å². The van der Waals surface area contributed by atoms with Gasteiger partial charge in [0, 0.05) is 0 Å². The number of carbonyl (C=O) groups excluding carboxylic acids is 1. The van der Waals surface area contributed by atoms with Crippen LogP contribution in [0, 0.1) is 0 Å². The number of aliphatic hydroxyl groups is 7. The molecule has 0 spiro atoms. The van der Waals surface area contributed by atoms with Crippen LogP contribution < -0.4 is 5.32 Å². The molecule has 476 valence electrons. The highest BCUT2D eigenvalue weighted by Crippen LogP contribution is 2.24. The Morgan fingerprint density at radius 3 is 1.05 bits per heavy atom. The smallest absolute Gasteiger partial charge is 0.249 e. The lowest BCUT2D eigenvalue weighted by molar-refractivity contribution is -0.303. The van der Waals surface area contributed by atoms with Gasteiger partial charge in [-0.2, -0.15) is 0 Å². The summed E-state index contributed by atoms with van der Waals surface area (Å²) in [5, 5.41) is 76.4. The van der Waals surface area contributed by atoms with Gasteiger partial charge in [0.15, 0.2) is 6.29 Å². The number of hydrogen-bond acceptors (Lipinski definition) is 10. The first-order valence-corrected chi connectivity index (χ1v) is 35.1. The summed E-state index contributed by atoms with van der Waals surface area (Å²) in [4.78, 5) is 13.2. The van der Waals surface area contributed by atoms with Crippen LogP contribution in [-0.2, 0) is 14.3 Å². The summed E-state index contributed by atoms with van der Waals surface area (Å²) in [7, 11) is 0. The van der Waals surface area contributed by atoms with Crippen molar-refractivity contribution in [3.05, 3.63) is 12.2 Å². The Hall–Kier alpha value is -1.15. The van der Waals surface area contributed by atoms with Crippen LogP contribution >= 0.6 is 0 Å². The van der Waals surface area contributed by atoms with E-state index in [0.717, 1.165) is 38.5 Å². The predicted molar refractivity (Wildman–Crippen MR) is 335 cm³/mol. The van der Waals surface area contributed by atoms with Crippen LogP contribution in [0.3, 0.4) is 0 Å². The highest BCUT2D eigenvalue weighted by atomic mass is 16.7. The van der Waals surface area contributed by atoms with Gasteiger partial charge >= 0.3 is 0 Å². The molecule has 8 N–H and O–H groups in total. The number of carbonyl (C=O) groups is 1. The van der Waals surface area contributed by atoms with Crippen LogP contribution in [0.15, 0.2) is 12.2 Å². The van der Waals surface area contributed by atoms with E-state index in [1.54, 1.807) is 0 Å². The number of unbranched alkanes of at least 4 members (excludes halogenated alkanes) is 48. The maximum Gasteiger partial charge on any atom is 0.249 e. The molecule has 1 aliphatic rings. The molecule has 0 aromatic heterocycles.